The minimum Gasteiger partial charge on any atom is -0.272 e. The zero-order chi connectivity index (χ0) is 16.7. The Labute approximate surface area is 149 Å². The van der Waals surface area contributed by atoms with E-state index in [-0.39, 0.29) is 11.2 Å². The zero-order valence-electron chi connectivity index (χ0n) is 12.8. The second-order valence-corrected chi connectivity index (χ2v) is 7.45. The first kappa shape index (κ1) is 17.9. The van der Waals surface area contributed by atoms with Gasteiger partial charge in [-0.2, -0.15) is 5.10 Å². The molecule has 23 heavy (non-hydrogen) atoms. The maximum atomic E-state index is 12.0. The highest BCUT2D eigenvalue weighted by Crippen LogP contribution is 2.24. The average molecular weight is 365 g/mol. The molecule has 120 valence electrons. The number of nitrogens with one attached hydrogen (secondary N) is 1. The van der Waals surface area contributed by atoms with Gasteiger partial charge in [-0.25, -0.2) is 5.43 Å². The number of carbonyl (C=O) groups is 1. The van der Waals surface area contributed by atoms with Crippen LogP contribution in [-0.2, 0) is 4.79 Å². The Morgan fingerprint density at radius 1 is 1.13 bits per heavy atom. The highest BCUT2D eigenvalue weighted by atomic mass is 35.5. The fourth-order valence-corrected chi connectivity index (χ4v) is 3.12. The lowest BCUT2D eigenvalue weighted by molar-refractivity contribution is -0.120. The van der Waals surface area contributed by atoms with Gasteiger partial charge >= 0.3 is 0 Å². The molecule has 0 spiro atoms. The summed E-state index contributed by atoms with van der Waals surface area (Å²) in [7, 11) is 0. The normalized spacial score (nSPS) is 12.3. The third-order valence-corrected chi connectivity index (χ3v) is 5.11. The van der Waals surface area contributed by atoms with Gasteiger partial charge in [-0.15, -0.1) is 23.5 Å². The molecule has 0 bridgehead atoms. The van der Waals surface area contributed by atoms with Gasteiger partial charge in [0.1, 0.15) is 0 Å². The van der Waals surface area contributed by atoms with E-state index < -0.39 is 0 Å². The summed E-state index contributed by atoms with van der Waals surface area (Å²) in [5.41, 5.74) is 3.52. The quantitative estimate of drug-likeness (QED) is 0.459. The van der Waals surface area contributed by atoms with Crippen LogP contribution in [0.4, 0.5) is 0 Å². The number of hydrogen-bond acceptors (Lipinski definition) is 4. The molecule has 2 aromatic carbocycles. The first-order valence-corrected chi connectivity index (χ1v) is 9.46. The standard InChI is InChI=1S/C17H17ClN2OS2/c1-12(23-16-9-5-14(18)6-10-16)17(21)20-19-11-13-3-7-15(22-2)8-4-13/h3-12H,1-2H3,(H,20,21)/b19-11-/t12-/m0/s1. The summed E-state index contributed by atoms with van der Waals surface area (Å²) >= 11 is 9.00. The van der Waals surface area contributed by atoms with Crippen molar-refractivity contribution in [1.82, 2.24) is 5.43 Å². The van der Waals surface area contributed by atoms with Gasteiger partial charge in [-0.3, -0.25) is 4.79 Å². The zero-order valence-corrected chi connectivity index (χ0v) is 15.2. The molecular formula is C17H17ClN2OS2. The van der Waals surface area contributed by atoms with Gasteiger partial charge < -0.3 is 0 Å². The Hall–Kier alpha value is -1.43. The van der Waals surface area contributed by atoms with E-state index in [1.165, 1.54) is 16.7 Å². The molecule has 6 heteroatoms. The van der Waals surface area contributed by atoms with Gasteiger partial charge in [-0.1, -0.05) is 23.7 Å². The van der Waals surface area contributed by atoms with E-state index in [1.54, 1.807) is 18.0 Å². The number of hydrogen-bond donors (Lipinski definition) is 1. The third kappa shape index (κ3) is 5.94. The molecule has 0 aliphatic carbocycles. The Morgan fingerprint density at radius 3 is 2.35 bits per heavy atom. The maximum absolute atomic E-state index is 12.0. The first-order valence-electron chi connectivity index (χ1n) is 6.97. The van der Waals surface area contributed by atoms with E-state index in [0.717, 1.165) is 10.5 Å². The van der Waals surface area contributed by atoms with Crippen LogP contribution < -0.4 is 5.43 Å². The van der Waals surface area contributed by atoms with Crippen LogP contribution in [0.25, 0.3) is 0 Å². The Balaban J connectivity index is 1.85. The molecule has 0 radical (unpaired) electrons. The van der Waals surface area contributed by atoms with E-state index in [0.29, 0.717) is 5.02 Å². The minimum atomic E-state index is -0.243. The SMILES string of the molecule is CSc1ccc(/C=N\NC(=O)[C@H](C)Sc2ccc(Cl)cc2)cc1. The smallest absolute Gasteiger partial charge is 0.253 e. The molecule has 0 aliphatic rings. The van der Waals surface area contributed by atoms with E-state index in [1.807, 2.05) is 61.7 Å². The number of halogens is 1. The van der Waals surface area contributed by atoms with E-state index in [4.69, 9.17) is 11.6 Å². The molecule has 0 aliphatic heterocycles. The number of rotatable bonds is 6. The van der Waals surface area contributed by atoms with E-state index >= 15 is 0 Å². The monoisotopic (exact) mass is 364 g/mol. The summed E-state index contributed by atoms with van der Waals surface area (Å²) in [5, 5.41) is 4.45. The molecule has 1 amide bonds. The number of benzene rings is 2. The number of hydrazone groups is 1. The van der Waals surface area contributed by atoms with Crippen LogP contribution in [0.1, 0.15) is 12.5 Å². The molecule has 1 atom stereocenters. The summed E-state index contributed by atoms with van der Waals surface area (Å²) in [6.45, 7) is 1.84. The Morgan fingerprint density at radius 2 is 1.74 bits per heavy atom. The molecule has 1 N–H and O–H groups in total. The summed E-state index contributed by atoms with van der Waals surface area (Å²) < 4.78 is 0. The fraction of sp³-hybridized carbons (Fsp3) is 0.176. The van der Waals surface area contributed by atoms with Crippen molar-refractivity contribution in [3.8, 4) is 0 Å². The number of thioether (sulfide) groups is 2. The molecule has 0 saturated heterocycles. The van der Waals surface area contributed by atoms with Crippen molar-refractivity contribution < 1.29 is 4.79 Å². The van der Waals surface area contributed by atoms with Gasteiger partial charge in [0.15, 0.2) is 0 Å². The van der Waals surface area contributed by atoms with Crippen molar-refractivity contribution in [1.29, 1.82) is 0 Å². The predicted molar refractivity (Wildman–Crippen MR) is 101 cm³/mol. The topological polar surface area (TPSA) is 41.5 Å². The van der Waals surface area contributed by atoms with Crippen molar-refractivity contribution >= 4 is 47.2 Å². The molecule has 0 aromatic heterocycles. The molecule has 0 unspecified atom stereocenters. The van der Waals surface area contributed by atoms with Crippen LogP contribution in [0.5, 0.6) is 0 Å². The maximum Gasteiger partial charge on any atom is 0.253 e. The number of carbonyl (C=O) groups excluding carboxylic acids is 1. The molecule has 2 rings (SSSR count). The molecule has 0 fully saturated rings. The van der Waals surface area contributed by atoms with Crippen molar-refractivity contribution in [2.24, 2.45) is 5.10 Å². The summed E-state index contributed by atoms with van der Waals surface area (Å²) in [6, 6.07) is 15.4. The van der Waals surface area contributed by atoms with Crippen LogP contribution >= 0.6 is 35.1 Å². The fourth-order valence-electron chi connectivity index (χ4n) is 1.72. The Kier molecular flexibility index (Phi) is 7.02. The lowest BCUT2D eigenvalue weighted by atomic mass is 10.2. The minimum absolute atomic E-state index is 0.137. The van der Waals surface area contributed by atoms with Crippen molar-refractivity contribution in [3.05, 3.63) is 59.1 Å². The van der Waals surface area contributed by atoms with Crippen LogP contribution in [0.3, 0.4) is 0 Å². The van der Waals surface area contributed by atoms with Gasteiger partial charge in [0, 0.05) is 14.8 Å². The van der Waals surface area contributed by atoms with Crippen LogP contribution in [0.2, 0.25) is 5.02 Å². The average Bonchev–Trinajstić information content (AvgIpc) is 2.57. The Bertz CT molecular complexity index is 672. The molecule has 0 heterocycles. The molecule has 2 aromatic rings. The lowest BCUT2D eigenvalue weighted by Crippen LogP contribution is -2.26. The van der Waals surface area contributed by atoms with Crippen molar-refractivity contribution in [3.63, 3.8) is 0 Å². The van der Waals surface area contributed by atoms with E-state index in [2.05, 4.69) is 10.5 Å². The van der Waals surface area contributed by atoms with Gasteiger partial charge in [0.2, 0.25) is 0 Å². The van der Waals surface area contributed by atoms with Crippen LogP contribution in [0, 0.1) is 0 Å². The van der Waals surface area contributed by atoms with Crippen LogP contribution in [0.15, 0.2) is 63.4 Å². The molecule has 3 nitrogen and oxygen atoms in total. The molecule has 0 saturated carbocycles. The first-order chi connectivity index (χ1) is 11.1. The van der Waals surface area contributed by atoms with Gasteiger partial charge in [0.05, 0.1) is 11.5 Å². The summed E-state index contributed by atoms with van der Waals surface area (Å²) in [4.78, 5) is 14.2. The lowest BCUT2D eigenvalue weighted by Gasteiger charge is -2.09. The summed E-state index contributed by atoms with van der Waals surface area (Å²) in [6.07, 6.45) is 3.67. The predicted octanol–water partition coefficient (Wildman–Crippen LogP) is 4.69. The third-order valence-electron chi connectivity index (χ3n) is 3.00. The number of amides is 1. The molecular weight excluding hydrogens is 348 g/mol. The highest BCUT2D eigenvalue weighted by Gasteiger charge is 2.13. The van der Waals surface area contributed by atoms with Crippen molar-refractivity contribution in [2.75, 3.05) is 6.26 Å². The second-order valence-electron chi connectivity index (χ2n) is 4.72. The van der Waals surface area contributed by atoms with E-state index in [9.17, 15) is 4.79 Å². The number of nitrogens with zero attached hydrogens (tertiary/aromatic N) is 1. The van der Waals surface area contributed by atoms with Gasteiger partial charge in [-0.05, 0) is 55.1 Å². The second kappa shape index (κ2) is 9.01. The largest absolute Gasteiger partial charge is 0.272 e. The highest BCUT2D eigenvalue weighted by molar-refractivity contribution is 8.00. The summed E-state index contributed by atoms with van der Waals surface area (Å²) in [5.74, 6) is -0.137. The van der Waals surface area contributed by atoms with Crippen LogP contribution in [-0.4, -0.2) is 23.6 Å². The van der Waals surface area contributed by atoms with Crippen molar-refractivity contribution in [2.45, 2.75) is 22.0 Å². The van der Waals surface area contributed by atoms with Gasteiger partial charge in [0.25, 0.3) is 5.91 Å².